The molecule has 5 rings (SSSR count). The van der Waals surface area contributed by atoms with Crippen LogP contribution in [0.15, 0.2) is 108 Å². The van der Waals surface area contributed by atoms with Crippen molar-refractivity contribution in [1.29, 1.82) is 0 Å². The zero-order valence-electron chi connectivity index (χ0n) is 19.5. The Bertz CT molecular complexity index is 1500. The molecular formula is C29H23N3O2S2. The molecule has 0 spiro atoms. The molecule has 2 N–H and O–H groups in total. The molecule has 0 radical (unpaired) electrons. The van der Waals surface area contributed by atoms with E-state index in [1.807, 2.05) is 104 Å². The van der Waals surface area contributed by atoms with E-state index in [-0.39, 0.29) is 11.8 Å². The maximum atomic E-state index is 13.4. The summed E-state index contributed by atoms with van der Waals surface area (Å²) in [6, 6.07) is 32.5. The smallest absolute Gasteiger partial charge is 0.255 e. The van der Waals surface area contributed by atoms with Gasteiger partial charge in [-0.15, -0.1) is 11.8 Å². The molecule has 1 heterocycles. The molecule has 36 heavy (non-hydrogen) atoms. The molecule has 1 aromatic heterocycles. The number of aryl methyl sites for hydroxylation is 1. The maximum absolute atomic E-state index is 13.4. The minimum atomic E-state index is -0.500. The fourth-order valence-corrected chi connectivity index (χ4v) is 5.76. The van der Waals surface area contributed by atoms with Crippen molar-refractivity contribution in [3.8, 4) is 0 Å². The third-order valence-corrected chi connectivity index (χ3v) is 7.80. The number of amides is 2. The van der Waals surface area contributed by atoms with Gasteiger partial charge in [-0.2, -0.15) is 0 Å². The van der Waals surface area contributed by atoms with E-state index in [0.29, 0.717) is 16.4 Å². The van der Waals surface area contributed by atoms with E-state index in [9.17, 15) is 9.59 Å². The summed E-state index contributed by atoms with van der Waals surface area (Å²) < 4.78 is 1.02. The van der Waals surface area contributed by atoms with Crippen LogP contribution in [0, 0.1) is 6.92 Å². The van der Waals surface area contributed by atoms with Gasteiger partial charge in [0.15, 0.2) is 5.13 Å². The lowest BCUT2D eigenvalue weighted by Gasteiger charge is -2.17. The van der Waals surface area contributed by atoms with E-state index in [1.165, 1.54) is 23.1 Å². The van der Waals surface area contributed by atoms with E-state index in [1.54, 1.807) is 6.07 Å². The molecule has 1 atom stereocenters. The number of nitrogens with zero attached hydrogens (tertiary/aromatic N) is 1. The van der Waals surface area contributed by atoms with Crippen molar-refractivity contribution in [2.45, 2.75) is 17.1 Å². The monoisotopic (exact) mass is 509 g/mol. The van der Waals surface area contributed by atoms with Gasteiger partial charge in [0.05, 0.1) is 10.2 Å². The van der Waals surface area contributed by atoms with Crippen LogP contribution in [0.25, 0.3) is 10.2 Å². The largest absolute Gasteiger partial charge is 0.322 e. The Morgan fingerprint density at radius 3 is 2.39 bits per heavy atom. The minimum absolute atomic E-state index is 0.153. The Morgan fingerprint density at radius 1 is 0.833 bits per heavy atom. The molecule has 178 valence electrons. The topological polar surface area (TPSA) is 71.1 Å². The van der Waals surface area contributed by atoms with Crippen molar-refractivity contribution in [1.82, 2.24) is 4.98 Å². The van der Waals surface area contributed by atoms with Crippen LogP contribution < -0.4 is 10.6 Å². The lowest BCUT2D eigenvalue weighted by molar-refractivity contribution is -0.115. The molecule has 0 fully saturated rings. The van der Waals surface area contributed by atoms with Crippen LogP contribution in [0.5, 0.6) is 0 Å². The Labute approximate surface area is 217 Å². The number of benzene rings is 4. The van der Waals surface area contributed by atoms with Crippen molar-refractivity contribution < 1.29 is 9.59 Å². The summed E-state index contributed by atoms with van der Waals surface area (Å²) in [4.78, 5) is 31.6. The summed E-state index contributed by atoms with van der Waals surface area (Å²) in [6.07, 6.45) is 0. The highest BCUT2D eigenvalue weighted by Crippen LogP contribution is 2.38. The summed E-state index contributed by atoms with van der Waals surface area (Å²) in [6.45, 7) is 1.91. The molecule has 5 aromatic rings. The first kappa shape index (κ1) is 23.8. The van der Waals surface area contributed by atoms with Gasteiger partial charge in [0.1, 0.15) is 5.25 Å². The zero-order valence-corrected chi connectivity index (χ0v) is 21.1. The highest BCUT2D eigenvalue weighted by molar-refractivity contribution is 8.00. The van der Waals surface area contributed by atoms with Crippen LogP contribution in [0.4, 0.5) is 10.8 Å². The van der Waals surface area contributed by atoms with Crippen LogP contribution in [-0.2, 0) is 4.79 Å². The van der Waals surface area contributed by atoms with E-state index < -0.39 is 5.25 Å². The quantitative estimate of drug-likeness (QED) is 0.225. The first-order valence-corrected chi connectivity index (χ1v) is 13.1. The van der Waals surface area contributed by atoms with Gasteiger partial charge in [-0.25, -0.2) is 4.98 Å². The molecule has 0 aliphatic rings. The highest BCUT2D eigenvalue weighted by atomic mass is 32.2. The summed E-state index contributed by atoms with van der Waals surface area (Å²) >= 11 is 2.88. The van der Waals surface area contributed by atoms with Crippen molar-refractivity contribution in [3.63, 3.8) is 0 Å². The molecule has 0 bridgehead atoms. The number of carbonyl (C=O) groups excluding carboxylic acids is 2. The van der Waals surface area contributed by atoms with Crippen molar-refractivity contribution in [2.75, 3.05) is 10.6 Å². The third kappa shape index (κ3) is 5.48. The van der Waals surface area contributed by atoms with Crippen LogP contribution in [0.1, 0.15) is 26.7 Å². The molecule has 5 nitrogen and oxygen atoms in total. The number of para-hydroxylation sites is 1. The van der Waals surface area contributed by atoms with Gasteiger partial charge in [0.2, 0.25) is 5.91 Å². The number of thioether (sulfide) groups is 1. The molecule has 2 amide bonds. The van der Waals surface area contributed by atoms with Gasteiger partial charge in [0.25, 0.3) is 5.91 Å². The minimum Gasteiger partial charge on any atom is -0.322 e. The second kappa shape index (κ2) is 10.8. The Morgan fingerprint density at radius 2 is 1.58 bits per heavy atom. The zero-order chi connectivity index (χ0) is 24.9. The summed E-state index contributed by atoms with van der Waals surface area (Å²) in [5.74, 6) is -0.317. The van der Waals surface area contributed by atoms with Crippen molar-refractivity contribution in [3.05, 3.63) is 120 Å². The number of anilines is 2. The average molecular weight is 510 g/mol. The van der Waals surface area contributed by atoms with Gasteiger partial charge in [0, 0.05) is 16.1 Å². The molecule has 0 saturated carbocycles. The molecule has 1 unspecified atom stereocenters. The molecule has 0 aliphatic heterocycles. The van der Waals surface area contributed by atoms with Crippen LogP contribution in [-0.4, -0.2) is 16.8 Å². The number of carbonyl (C=O) groups is 2. The van der Waals surface area contributed by atoms with E-state index in [0.717, 1.165) is 26.2 Å². The number of hydrogen-bond acceptors (Lipinski definition) is 5. The lowest BCUT2D eigenvalue weighted by atomic mass is 10.1. The predicted octanol–water partition coefficient (Wildman–Crippen LogP) is 7.33. The van der Waals surface area contributed by atoms with E-state index >= 15 is 0 Å². The molecular weight excluding hydrogens is 486 g/mol. The summed E-state index contributed by atoms with van der Waals surface area (Å²) in [5.41, 5.74) is 3.96. The fourth-order valence-electron chi connectivity index (χ4n) is 3.81. The molecule has 4 aromatic carbocycles. The van der Waals surface area contributed by atoms with Gasteiger partial charge in [-0.05, 0) is 54.4 Å². The van der Waals surface area contributed by atoms with Crippen LogP contribution in [0.3, 0.4) is 0 Å². The number of nitrogens with one attached hydrogen (secondary N) is 2. The molecule has 7 heteroatoms. The number of thiazole rings is 1. The highest BCUT2D eigenvalue weighted by Gasteiger charge is 2.23. The Balaban J connectivity index is 1.37. The number of rotatable bonds is 7. The van der Waals surface area contributed by atoms with E-state index in [2.05, 4.69) is 15.6 Å². The predicted molar refractivity (Wildman–Crippen MR) is 149 cm³/mol. The number of aromatic nitrogens is 1. The first-order valence-electron chi connectivity index (χ1n) is 11.4. The second-order valence-electron chi connectivity index (χ2n) is 8.18. The van der Waals surface area contributed by atoms with Crippen LogP contribution in [0.2, 0.25) is 0 Å². The van der Waals surface area contributed by atoms with Crippen LogP contribution >= 0.6 is 23.1 Å². The second-order valence-corrected chi connectivity index (χ2v) is 10.4. The SMILES string of the molecule is Cc1ccccc1C(=O)Nc1cccc(SC(C(=O)Nc2nc3ccccc3s2)c2ccccc2)c1. The Hall–Kier alpha value is -3.94. The van der Waals surface area contributed by atoms with Gasteiger partial charge in [-0.3, -0.25) is 9.59 Å². The van der Waals surface area contributed by atoms with Gasteiger partial charge in [-0.1, -0.05) is 78.1 Å². The number of fused-ring (bicyclic) bond motifs is 1. The fraction of sp³-hybridized carbons (Fsp3) is 0.0690. The average Bonchev–Trinajstić information content (AvgIpc) is 3.30. The summed E-state index contributed by atoms with van der Waals surface area (Å²) in [7, 11) is 0. The normalized spacial score (nSPS) is 11.7. The van der Waals surface area contributed by atoms with Crippen molar-refractivity contribution >= 4 is 55.9 Å². The summed E-state index contributed by atoms with van der Waals surface area (Å²) in [5, 5.41) is 6.05. The molecule has 0 saturated heterocycles. The first-order chi connectivity index (χ1) is 17.6. The third-order valence-electron chi connectivity index (χ3n) is 5.60. The Kier molecular flexibility index (Phi) is 7.11. The lowest BCUT2D eigenvalue weighted by Crippen LogP contribution is -2.19. The van der Waals surface area contributed by atoms with Crippen molar-refractivity contribution in [2.24, 2.45) is 0 Å². The van der Waals surface area contributed by atoms with Gasteiger partial charge >= 0.3 is 0 Å². The standard InChI is InChI=1S/C29H23N3O2S2/c1-19-10-5-6-15-23(19)27(33)30-21-13-9-14-22(18-21)35-26(20-11-3-2-4-12-20)28(34)32-29-31-24-16-7-8-17-25(24)36-29/h2-18,26H,1H3,(H,30,33)(H,31,32,34). The maximum Gasteiger partial charge on any atom is 0.255 e. The van der Waals surface area contributed by atoms with E-state index in [4.69, 9.17) is 0 Å². The number of hydrogen-bond donors (Lipinski definition) is 2. The molecule has 0 aliphatic carbocycles. The van der Waals surface area contributed by atoms with Gasteiger partial charge < -0.3 is 10.6 Å².